The van der Waals surface area contributed by atoms with Crippen molar-refractivity contribution in [2.45, 2.75) is 42.9 Å². The molecule has 0 amide bonds. The second kappa shape index (κ2) is 8.92. The molecule has 0 unspecified atom stereocenters. The van der Waals surface area contributed by atoms with Crippen LogP contribution in [0.1, 0.15) is 20.3 Å². The van der Waals surface area contributed by atoms with Gasteiger partial charge in [-0.05, 0) is 47.7 Å². The number of nitrogens with one attached hydrogen (secondary N) is 1. The third kappa shape index (κ3) is 4.53. The van der Waals surface area contributed by atoms with Crippen molar-refractivity contribution in [3.63, 3.8) is 0 Å². The van der Waals surface area contributed by atoms with Gasteiger partial charge in [-0.25, -0.2) is 15.0 Å². The van der Waals surface area contributed by atoms with E-state index in [4.69, 9.17) is 20.2 Å². The van der Waals surface area contributed by atoms with Crippen LogP contribution in [0.3, 0.4) is 0 Å². The number of halogens is 1. The molecule has 0 fully saturated rings. The van der Waals surface area contributed by atoms with Gasteiger partial charge >= 0.3 is 0 Å². The first-order valence-electron chi connectivity index (χ1n) is 9.50. The Morgan fingerprint density at radius 2 is 2.00 bits per heavy atom. The molecule has 29 heavy (non-hydrogen) atoms. The monoisotopic (exact) mass is 523 g/mol. The Kier molecular flexibility index (Phi) is 6.30. The molecule has 0 radical (unpaired) electrons. The standard InChI is InChI=1S/C19H23IN6O2S/c1-11(2)22-4-3-5-26-18-16(17(21)23-10-24-18)25-19(26)29-15-9-14-13(8-12(15)20)27-6-7-28-14/h8-11,22H,3-7H2,1-2H3,(H2,21,23,24)/i20-3. The molecule has 0 saturated heterocycles. The molecule has 0 aliphatic carbocycles. The zero-order chi connectivity index (χ0) is 20.4. The number of benzene rings is 1. The first-order valence-corrected chi connectivity index (χ1v) is 11.4. The summed E-state index contributed by atoms with van der Waals surface area (Å²) in [5, 5.41) is 4.29. The van der Waals surface area contributed by atoms with Crippen LogP contribution in [0.2, 0.25) is 0 Å². The predicted octanol–water partition coefficient (Wildman–Crippen LogP) is 3.32. The van der Waals surface area contributed by atoms with Crippen molar-refractivity contribution in [2.24, 2.45) is 0 Å². The average molecular weight is 523 g/mol. The predicted molar refractivity (Wildman–Crippen MR) is 122 cm³/mol. The van der Waals surface area contributed by atoms with Gasteiger partial charge in [0.2, 0.25) is 0 Å². The number of aryl methyl sites for hydroxylation is 1. The van der Waals surface area contributed by atoms with E-state index in [-0.39, 0.29) is 0 Å². The Labute approximate surface area is 187 Å². The summed E-state index contributed by atoms with van der Waals surface area (Å²) >= 11 is 3.89. The number of nitrogens with two attached hydrogens (primary N) is 1. The second-order valence-electron chi connectivity index (χ2n) is 6.97. The molecule has 4 rings (SSSR count). The van der Waals surface area contributed by atoms with E-state index in [1.807, 2.05) is 12.1 Å². The SMILES string of the molecule is CC(C)NCCCn1c(Sc2cc3c(cc2[124I])OCCO3)nc2c(N)ncnc21. The minimum atomic E-state index is 0.396. The molecule has 0 spiro atoms. The largest absolute Gasteiger partial charge is 0.486 e. The highest BCUT2D eigenvalue weighted by molar-refractivity contribution is 14.1. The average Bonchev–Trinajstić information content (AvgIpc) is 3.04. The minimum absolute atomic E-state index is 0.396. The van der Waals surface area contributed by atoms with E-state index in [2.05, 4.69) is 56.3 Å². The smallest absolute Gasteiger partial charge is 0.175 e. The third-order valence-electron chi connectivity index (χ3n) is 4.43. The van der Waals surface area contributed by atoms with Crippen LogP contribution in [-0.4, -0.2) is 45.3 Å². The summed E-state index contributed by atoms with van der Waals surface area (Å²) in [7, 11) is 0. The van der Waals surface area contributed by atoms with Crippen LogP contribution in [0.5, 0.6) is 11.5 Å². The van der Waals surface area contributed by atoms with Gasteiger partial charge in [0, 0.05) is 21.1 Å². The number of imidazole rings is 1. The lowest BCUT2D eigenvalue weighted by Crippen LogP contribution is -2.24. The van der Waals surface area contributed by atoms with Gasteiger partial charge in [-0.3, -0.25) is 0 Å². The molecule has 1 aromatic carbocycles. The van der Waals surface area contributed by atoms with Crippen LogP contribution < -0.4 is 20.5 Å². The highest BCUT2D eigenvalue weighted by Gasteiger charge is 2.20. The van der Waals surface area contributed by atoms with Crippen LogP contribution in [-0.2, 0) is 6.54 Å². The summed E-state index contributed by atoms with van der Waals surface area (Å²) in [5.41, 5.74) is 7.46. The van der Waals surface area contributed by atoms with Gasteiger partial charge in [0.1, 0.15) is 19.5 Å². The number of nitrogen functional groups attached to an aromatic ring is 1. The molecular weight excluding hydrogens is 500 g/mol. The van der Waals surface area contributed by atoms with Crippen LogP contribution >= 0.6 is 34.4 Å². The number of aromatic nitrogens is 4. The summed E-state index contributed by atoms with van der Waals surface area (Å²) in [6, 6.07) is 4.48. The molecule has 0 atom stereocenters. The number of hydrogen-bond acceptors (Lipinski definition) is 8. The quantitative estimate of drug-likeness (QED) is 0.360. The molecule has 8 nitrogen and oxygen atoms in total. The third-order valence-corrected chi connectivity index (χ3v) is 6.74. The normalized spacial score (nSPS) is 13.4. The van der Waals surface area contributed by atoms with Crippen LogP contribution in [0.15, 0.2) is 28.5 Å². The molecule has 3 aromatic rings. The molecule has 0 saturated carbocycles. The van der Waals surface area contributed by atoms with E-state index < -0.39 is 0 Å². The molecule has 3 N–H and O–H groups in total. The lowest BCUT2D eigenvalue weighted by atomic mass is 10.3. The summed E-state index contributed by atoms with van der Waals surface area (Å²) < 4.78 is 14.6. The van der Waals surface area contributed by atoms with Gasteiger partial charge in [0.05, 0.1) is 0 Å². The molecular formula is C19H23IN6O2S. The fraction of sp³-hybridized carbons (Fsp3) is 0.421. The van der Waals surface area contributed by atoms with Crippen molar-refractivity contribution >= 4 is 51.3 Å². The van der Waals surface area contributed by atoms with Gasteiger partial charge in [0.15, 0.2) is 33.6 Å². The Balaban J connectivity index is 1.66. The van der Waals surface area contributed by atoms with E-state index in [1.54, 1.807) is 11.8 Å². The lowest BCUT2D eigenvalue weighted by Gasteiger charge is -2.19. The van der Waals surface area contributed by atoms with E-state index in [9.17, 15) is 0 Å². The first kappa shape index (κ1) is 20.5. The number of rotatable bonds is 7. The van der Waals surface area contributed by atoms with Crippen LogP contribution in [0.4, 0.5) is 5.82 Å². The first-order chi connectivity index (χ1) is 14.0. The maximum absolute atomic E-state index is 6.06. The maximum Gasteiger partial charge on any atom is 0.175 e. The molecule has 1 aliphatic heterocycles. The van der Waals surface area contributed by atoms with E-state index in [0.29, 0.717) is 30.6 Å². The maximum atomic E-state index is 6.06. The summed E-state index contributed by atoms with van der Waals surface area (Å²) in [4.78, 5) is 14.3. The number of anilines is 1. The fourth-order valence-electron chi connectivity index (χ4n) is 3.06. The molecule has 0 bridgehead atoms. The Morgan fingerprint density at radius 1 is 1.24 bits per heavy atom. The van der Waals surface area contributed by atoms with Crippen LogP contribution in [0.25, 0.3) is 11.2 Å². The Morgan fingerprint density at radius 3 is 2.76 bits per heavy atom. The molecule has 154 valence electrons. The second-order valence-corrected chi connectivity index (χ2v) is 9.14. The fourth-order valence-corrected chi connectivity index (χ4v) is 4.78. The van der Waals surface area contributed by atoms with E-state index in [0.717, 1.165) is 50.3 Å². The number of fused-ring (bicyclic) bond motifs is 2. The number of ether oxygens (including phenoxy) is 2. The highest BCUT2D eigenvalue weighted by atomic mass is 124. The minimum Gasteiger partial charge on any atom is -0.486 e. The highest BCUT2D eigenvalue weighted by Crippen LogP contribution is 2.40. The zero-order valence-electron chi connectivity index (χ0n) is 16.3. The molecule has 2 aromatic heterocycles. The summed E-state index contributed by atoms with van der Waals surface area (Å²) in [6.45, 7) is 7.13. The van der Waals surface area contributed by atoms with Gasteiger partial charge in [-0.1, -0.05) is 25.6 Å². The molecule has 10 heteroatoms. The zero-order valence-corrected chi connectivity index (χ0v) is 19.3. The van der Waals surface area contributed by atoms with Crippen molar-refractivity contribution in [3.8, 4) is 11.5 Å². The van der Waals surface area contributed by atoms with Crippen molar-refractivity contribution in [2.75, 3.05) is 25.5 Å². The van der Waals surface area contributed by atoms with Crippen molar-refractivity contribution in [3.05, 3.63) is 22.0 Å². The lowest BCUT2D eigenvalue weighted by molar-refractivity contribution is 0.171. The van der Waals surface area contributed by atoms with Crippen molar-refractivity contribution in [1.82, 2.24) is 24.8 Å². The van der Waals surface area contributed by atoms with E-state index >= 15 is 0 Å². The van der Waals surface area contributed by atoms with Crippen LogP contribution in [0, 0.1) is 3.57 Å². The summed E-state index contributed by atoms with van der Waals surface area (Å²) in [5.74, 6) is 1.95. The van der Waals surface area contributed by atoms with Gasteiger partial charge in [0.25, 0.3) is 0 Å². The topological polar surface area (TPSA) is 100 Å². The van der Waals surface area contributed by atoms with Gasteiger partial charge in [-0.15, -0.1) is 0 Å². The Hall–Kier alpha value is -1.79. The van der Waals surface area contributed by atoms with E-state index in [1.165, 1.54) is 6.33 Å². The van der Waals surface area contributed by atoms with Gasteiger partial charge < -0.3 is 25.1 Å². The van der Waals surface area contributed by atoms with Gasteiger partial charge in [-0.2, -0.15) is 0 Å². The molecule has 1 aliphatic rings. The Bertz CT molecular complexity index is 1030. The molecule has 3 heterocycles. The van der Waals surface area contributed by atoms with Crippen molar-refractivity contribution in [1.29, 1.82) is 0 Å². The number of hydrogen-bond donors (Lipinski definition) is 2. The van der Waals surface area contributed by atoms with Crippen molar-refractivity contribution < 1.29 is 9.47 Å². The number of nitrogens with zero attached hydrogens (tertiary/aromatic N) is 4. The summed E-state index contributed by atoms with van der Waals surface area (Å²) in [6.07, 6.45) is 2.45.